The lowest BCUT2D eigenvalue weighted by Crippen LogP contribution is -2.36. The first-order valence-electron chi connectivity index (χ1n) is 10.7. The van der Waals surface area contributed by atoms with Gasteiger partial charge in [-0.15, -0.1) is 11.3 Å². The fourth-order valence-electron chi connectivity index (χ4n) is 4.35. The number of hydrogen-bond acceptors (Lipinski definition) is 8. The standard InChI is InChI=1S/C22H28N4O3S/c1-27-14-16(17-6-4-10-29-17)23-21-20-15-5-2-3-7-18(15)30-22(20)25-19(24-21)13-26-8-11-28-12-9-26/h4,6,10,16H,2-3,5,7-9,11-14H2,1H3,(H,23,24,25). The molecule has 1 fully saturated rings. The van der Waals surface area contributed by atoms with Crippen molar-refractivity contribution in [1.29, 1.82) is 0 Å². The molecule has 160 valence electrons. The van der Waals surface area contributed by atoms with Gasteiger partial charge in [-0.2, -0.15) is 0 Å². The highest BCUT2D eigenvalue weighted by Gasteiger charge is 2.24. The smallest absolute Gasteiger partial charge is 0.146 e. The second kappa shape index (κ2) is 9.01. The molecule has 7 nitrogen and oxygen atoms in total. The van der Waals surface area contributed by atoms with Crippen LogP contribution in [0.4, 0.5) is 5.82 Å². The number of nitrogens with one attached hydrogen (secondary N) is 1. The van der Waals surface area contributed by atoms with E-state index >= 15 is 0 Å². The number of nitrogens with zero attached hydrogens (tertiary/aromatic N) is 3. The van der Waals surface area contributed by atoms with E-state index in [-0.39, 0.29) is 6.04 Å². The maximum absolute atomic E-state index is 5.67. The van der Waals surface area contributed by atoms with Gasteiger partial charge in [0.15, 0.2) is 0 Å². The van der Waals surface area contributed by atoms with Crippen molar-refractivity contribution in [2.45, 2.75) is 38.3 Å². The zero-order valence-electron chi connectivity index (χ0n) is 17.4. The number of fused-ring (bicyclic) bond motifs is 3. The molecule has 0 aromatic carbocycles. The Morgan fingerprint density at radius 3 is 2.90 bits per heavy atom. The Hall–Kier alpha value is -2.00. The van der Waals surface area contributed by atoms with Gasteiger partial charge in [-0.05, 0) is 43.4 Å². The summed E-state index contributed by atoms with van der Waals surface area (Å²) in [6, 6.07) is 3.79. The molecule has 1 atom stereocenters. The number of morpholine rings is 1. The SMILES string of the molecule is COCC(Nc1nc(CN2CCOCC2)nc2sc3c(c12)CCCC3)c1ccco1. The van der Waals surface area contributed by atoms with Crippen molar-refractivity contribution < 1.29 is 13.9 Å². The van der Waals surface area contributed by atoms with E-state index in [4.69, 9.17) is 23.9 Å². The fourth-order valence-corrected chi connectivity index (χ4v) is 5.63. The minimum atomic E-state index is -0.0986. The first kappa shape index (κ1) is 19.9. The van der Waals surface area contributed by atoms with Gasteiger partial charge in [0.2, 0.25) is 0 Å². The van der Waals surface area contributed by atoms with Crippen LogP contribution >= 0.6 is 11.3 Å². The third kappa shape index (κ3) is 4.09. The van der Waals surface area contributed by atoms with Gasteiger partial charge in [0, 0.05) is 25.1 Å². The molecule has 30 heavy (non-hydrogen) atoms. The first-order valence-corrected chi connectivity index (χ1v) is 11.5. The van der Waals surface area contributed by atoms with Crippen LogP contribution in [0.25, 0.3) is 10.2 Å². The summed E-state index contributed by atoms with van der Waals surface area (Å²) in [6.45, 7) is 4.63. The summed E-state index contributed by atoms with van der Waals surface area (Å²) >= 11 is 1.84. The number of ether oxygens (including phenoxy) is 2. The molecule has 3 aromatic rings. The molecule has 1 saturated heterocycles. The maximum atomic E-state index is 5.67. The third-order valence-electron chi connectivity index (χ3n) is 5.86. The lowest BCUT2D eigenvalue weighted by atomic mass is 9.97. The Kier molecular flexibility index (Phi) is 5.99. The quantitative estimate of drug-likeness (QED) is 0.614. The predicted molar refractivity (Wildman–Crippen MR) is 117 cm³/mol. The lowest BCUT2D eigenvalue weighted by molar-refractivity contribution is 0.0331. The maximum Gasteiger partial charge on any atom is 0.146 e. The number of methoxy groups -OCH3 is 1. The number of rotatable bonds is 7. The fraction of sp³-hybridized carbons (Fsp3) is 0.545. The molecule has 1 aliphatic heterocycles. The second-order valence-corrected chi connectivity index (χ2v) is 9.02. The Balaban J connectivity index is 1.53. The molecule has 1 N–H and O–H groups in total. The van der Waals surface area contributed by atoms with Crippen LogP contribution in [-0.2, 0) is 28.9 Å². The van der Waals surface area contributed by atoms with Crippen molar-refractivity contribution in [3.8, 4) is 0 Å². The minimum Gasteiger partial charge on any atom is -0.467 e. The molecule has 2 aliphatic rings. The van der Waals surface area contributed by atoms with Crippen LogP contribution in [-0.4, -0.2) is 54.9 Å². The average molecular weight is 429 g/mol. The highest BCUT2D eigenvalue weighted by Crippen LogP contribution is 2.39. The van der Waals surface area contributed by atoms with Crippen molar-refractivity contribution in [3.05, 3.63) is 40.4 Å². The van der Waals surface area contributed by atoms with Crippen molar-refractivity contribution >= 4 is 27.4 Å². The molecular formula is C22H28N4O3S. The summed E-state index contributed by atoms with van der Waals surface area (Å²) in [7, 11) is 1.71. The van der Waals surface area contributed by atoms with Crippen LogP contribution in [0.15, 0.2) is 22.8 Å². The highest BCUT2D eigenvalue weighted by atomic mass is 32.1. The van der Waals surface area contributed by atoms with Crippen LogP contribution in [0.1, 0.15) is 40.9 Å². The first-order chi connectivity index (χ1) is 14.8. The summed E-state index contributed by atoms with van der Waals surface area (Å²) in [5.41, 5.74) is 1.43. The topological polar surface area (TPSA) is 72.7 Å². The van der Waals surface area contributed by atoms with E-state index in [1.807, 2.05) is 23.5 Å². The normalized spacial score (nSPS) is 18.4. The summed E-state index contributed by atoms with van der Waals surface area (Å²) in [4.78, 5) is 14.9. The summed E-state index contributed by atoms with van der Waals surface area (Å²) < 4.78 is 16.6. The summed E-state index contributed by atoms with van der Waals surface area (Å²) in [5, 5.41) is 4.82. The number of aryl methyl sites for hydroxylation is 2. The molecule has 0 saturated carbocycles. The number of aromatic nitrogens is 2. The lowest BCUT2D eigenvalue weighted by Gasteiger charge is -2.26. The van der Waals surface area contributed by atoms with Crippen molar-refractivity contribution in [2.75, 3.05) is 45.3 Å². The molecule has 8 heteroatoms. The number of anilines is 1. The van der Waals surface area contributed by atoms with E-state index in [9.17, 15) is 0 Å². The number of hydrogen-bond donors (Lipinski definition) is 1. The molecule has 1 aliphatic carbocycles. The van der Waals surface area contributed by atoms with Gasteiger partial charge in [-0.25, -0.2) is 9.97 Å². The van der Waals surface area contributed by atoms with Crippen LogP contribution in [0.2, 0.25) is 0 Å². The number of furan rings is 1. The van der Waals surface area contributed by atoms with Gasteiger partial charge < -0.3 is 19.2 Å². The van der Waals surface area contributed by atoms with Crippen LogP contribution in [0, 0.1) is 0 Å². The van der Waals surface area contributed by atoms with Gasteiger partial charge in [0.25, 0.3) is 0 Å². The van der Waals surface area contributed by atoms with E-state index in [1.54, 1.807) is 13.4 Å². The summed E-state index contributed by atoms with van der Waals surface area (Å²) in [5.74, 6) is 2.62. The second-order valence-electron chi connectivity index (χ2n) is 7.94. The van der Waals surface area contributed by atoms with Crippen molar-refractivity contribution in [1.82, 2.24) is 14.9 Å². The molecule has 0 amide bonds. The molecule has 0 radical (unpaired) electrons. The molecule has 4 heterocycles. The molecule has 5 rings (SSSR count). The van der Waals surface area contributed by atoms with E-state index in [0.717, 1.165) is 67.9 Å². The van der Waals surface area contributed by atoms with E-state index in [2.05, 4.69) is 10.2 Å². The minimum absolute atomic E-state index is 0.0986. The van der Waals surface area contributed by atoms with E-state index < -0.39 is 0 Å². The Bertz CT molecular complexity index is 982. The monoisotopic (exact) mass is 428 g/mol. The number of thiophene rings is 1. The van der Waals surface area contributed by atoms with Gasteiger partial charge in [0.1, 0.15) is 28.3 Å². The largest absolute Gasteiger partial charge is 0.467 e. The Labute approximate surface area is 180 Å². The molecule has 3 aromatic heterocycles. The molecule has 0 spiro atoms. The van der Waals surface area contributed by atoms with Gasteiger partial charge in [0.05, 0.1) is 38.0 Å². The average Bonchev–Trinajstić information content (AvgIpc) is 3.42. The van der Waals surface area contributed by atoms with Gasteiger partial charge in [-0.3, -0.25) is 4.90 Å². The summed E-state index contributed by atoms with van der Waals surface area (Å²) in [6.07, 6.45) is 6.44. The highest BCUT2D eigenvalue weighted by molar-refractivity contribution is 7.19. The van der Waals surface area contributed by atoms with Crippen molar-refractivity contribution in [2.24, 2.45) is 0 Å². The molecular weight excluding hydrogens is 400 g/mol. The Morgan fingerprint density at radius 2 is 2.10 bits per heavy atom. The van der Waals surface area contributed by atoms with Gasteiger partial charge >= 0.3 is 0 Å². The Morgan fingerprint density at radius 1 is 1.23 bits per heavy atom. The third-order valence-corrected chi connectivity index (χ3v) is 7.05. The zero-order chi connectivity index (χ0) is 20.3. The predicted octanol–water partition coefficient (Wildman–Crippen LogP) is 3.79. The van der Waals surface area contributed by atoms with Crippen LogP contribution in [0.3, 0.4) is 0 Å². The zero-order valence-corrected chi connectivity index (χ0v) is 18.2. The van der Waals surface area contributed by atoms with E-state index in [1.165, 1.54) is 28.7 Å². The molecule has 0 bridgehead atoms. The van der Waals surface area contributed by atoms with E-state index in [0.29, 0.717) is 6.61 Å². The van der Waals surface area contributed by atoms with Crippen LogP contribution in [0.5, 0.6) is 0 Å². The van der Waals surface area contributed by atoms with Crippen LogP contribution < -0.4 is 5.32 Å². The van der Waals surface area contributed by atoms with Crippen molar-refractivity contribution in [3.63, 3.8) is 0 Å². The van der Waals surface area contributed by atoms with Gasteiger partial charge in [-0.1, -0.05) is 0 Å². The molecule has 1 unspecified atom stereocenters.